The Kier molecular flexibility index (Phi) is 2.15. The lowest BCUT2D eigenvalue weighted by molar-refractivity contribution is 0.107. The standard InChI is InChI=1S/C10H15NO/c1-8-7-10(12-11-8)9-5-3-2-4-6-9/h5,10H,2-4,6-7H2,1H3. The molecule has 1 unspecified atom stereocenters. The molecule has 1 atom stereocenters. The number of hydrogen-bond acceptors (Lipinski definition) is 2. The van der Waals surface area contributed by atoms with Crippen molar-refractivity contribution in [1.82, 2.24) is 0 Å². The van der Waals surface area contributed by atoms with Crippen molar-refractivity contribution in [2.75, 3.05) is 0 Å². The summed E-state index contributed by atoms with van der Waals surface area (Å²) in [5, 5.41) is 3.97. The van der Waals surface area contributed by atoms with Gasteiger partial charge in [-0.25, -0.2) is 0 Å². The van der Waals surface area contributed by atoms with Crippen LogP contribution in [0, 0.1) is 0 Å². The van der Waals surface area contributed by atoms with Gasteiger partial charge in [0.25, 0.3) is 0 Å². The van der Waals surface area contributed by atoms with Gasteiger partial charge in [-0.3, -0.25) is 0 Å². The molecule has 0 amide bonds. The maximum absolute atomic E-state index is 5.32. The van der Waals surface area contributed by atoms with Crippen molar-refractivity contribution in [3.05, 3.63) is 11.6 Å². The Morgan fingerprint density at radius 2 is 2.42 bits per heavy atom. The fraction of sp³-hybridized carbons (Fsp3) is 0.700. The summed E-state index contributed by atoms with van der Waals surface area (Å²) in [6, 6.07) is 0. The predicted molar refractivity (Wildman–Crippen MR) is 49.2 cm³/mol. The van der Waals surface area contributed by atoms with Crippen molar-refractivity contribution in [3.63, 3.8) is 0 Å². The van der Waals surface area contributed by atoms with Crippen LogP contribution >= 0.6 is 0 Å². The molecule has 1 aliphatic heterocycles. The first-order chi connectivity index (χ1) is 5.86. The zero-order chi connectivity index (χ0) is 8.39. The van der Waals surface area contributed by atoms with E-state index in [9.17, 15) is 0 Å². The van der Waals surface area contributed by atoms with Gasteiger partial charge in [-0.05, 0) is 38.2 Å². The number of hydrogen-bond donors (Lipinski definition) is 0. The maximum Gasteiger partial charge on any atom is 0.153 e. The van der Waals surface area contributed by atoms with E-state index in [-0.39, 0.29) is 6.10 Å². The monoisotopic (exact) mass is 165 g/mol. The summed E-state index contributed by atoms with van der Waals surface area (Å²) in [6.07, 6.45) is 8.74. The minimum absolute atomic E-state index is 0.283. The van der Waals surface area contributed by atoms with Gasteiger partial charge in [0.15, 0.2) is 6.10 Å². The molecular weight excluding hydrogens is 150 g/mol. The lowest BCUT2D eigenvalue weighted by atomic mass is 9.93. The van der Waals surface area contributed by atoms with Crippen LogP contribution in [0.1, 0.15) is 39.0 Å². The third-order valence-electron chi connectivity index (χ3n) is 2.56. The average Bonchev–Trinajstić information content (AvgIpc) is 2.54. The van der Waals surface area contributed by atoms with Crippen LogP contribution < -0.4 is 0 Å². The number of rotatable bonds is 1. The SMILES string of the molecule is CC1=NOC(C2=CCCCC2)C1. The van der Waals surface area contributed by atoms with Crippen LogP contribution in [0.2, 0.25) is 0 Å². The van der Waals surface area contributed by atoms with Crippen molar-refractivity contribution in [3.8, 4) is 0 Å². The molecule has 1 aliphatic carbocycles. The molecule has 12 heavy (non-hydrogen) atoms. The highest BCUT2D eigenvalue weighted by molar-refractivity contribution is 5.83. The molecule has 2 rings (SSSR count). The summed E-state index contributed by atoms with van der Waals surface area (Å²) in [7, 11) is 0. The van der Waals surface area contributed by atoms with Crippen molar-refractivity contribution >= 4 is 5.71 Å². The van der Waals surface area contributed by atoms with E-state index in [1.807, 2.05) is 6.92 Å². The predicted octanol–water partition coefficient (Wildman–Crippen LogP) is 2.65. The van der Waals surface area contributed by atoms with Gasteiger partial charge < -0.3 is 4.84 Å². The number of nitrogens with zero attached hydrogens (tertiary/aromatic N) is 1. The normalized spacial score (nSPS) is 29.2. The molecule has 0 aromatic rings. The molecule has 0 N–H and O–H groups in total. The molecule has 1 heterocycles. The Hall–Kier alpha value is -0.790. The Bertz CT molecular complexity index is 230. The van der Waals surface area contributed by atoms with E-state index in [1.165, 1.54) is 31.3 Å². The van der Waals surface area contributed by atoms with Crippen LogP contribution in [0.25, 0.3) is 0 Å². The summed E-state index contributed by atoms with van der Waals surface area (Å²) in [5.74, 6) is 0. The van der Waals surface area contributed by atoms with Gasteiger partial charge >= 0.3 is 0 Å². The second-order valence-electron chi connectivity index (χ2n) is 3.65. The second kappa shape index (κ2) is 3.30. The van der Waals surface area contributed by atoms with Gasteiger partial charge in [-0.1, -0.05) is 11.2 Å². The van der Waals surface area contributed by atoms with Crippen molar-refractivity contribution < 1.29 is 4.84 Å². The molecule has 0 radical (unpaired) electrons. The molecular formula is C10H15NO. The zero-order valence-electron chi connectivity index (χ0n) is 7.55. The van der Waals surface area contributed by atoms with E-state index < -0.39 is 0 Å². The zero-order valence-corrected chi connectivity index (χ0v) is 7.55. The van der Waals surface area contributed by atoms with E-state index in [4.69, 9.17) is 4.84 Å². The van der Waals surface area contributed by atoms with E-state index in [2.05, 4.69) is 11.2 Å². The molecule has 0 saturated carbocycles. The van der Waals surface area contributed by atoms with Crippen LogP contribution in [0.15, 0.2) is 16.8 Å². The van der Waals surface area contributed by atoms with Crippen molar-refractivity contribution in [2.24, 2.45) is 5.16 Å². The minimum atomic E-state index is 0.283. The minimum Gasteiger partial charge on any atom is -0.388 e. The summed E-state index contributed by atoms with van der Waals surface area (Å²) in [5.41, 5.74) is 2.60. The van der Waals surface area contributed by atoms with Crippen LogP contribution in [0.3, 0.4) is 0 Å². The Morgan fingerprint density at radius 3 is 3.00 bits per heavy atom. The molecule has 0 saturated heterocycles. The van der Waals surface area contributed by atoms with Gasteiger partial charge in [0, 0.05) is 6.42 Å². The lowest BCUT2D eigenvalue weighted by Crippen LogP contribution is -2.12. The van der Waals surface area contributed by atoms with Gasteiger partial charge in [0.1, 0.15) is 0 Å². The smallest absolute Gasteiger partial charge is 0.153 e. The first kappa shape index (κ1) is 7.84. The van der Waals surface area contributed by atoms with E-state index in [0.717, 1.165) is 12.1 Å². The summed E-state index contributed by atoms with van der Waals surface area (Å²) in [4.78, 5) is 5.32. The molecule has 2 nitrogen and oxygen atoms in total. The first-order valence-corrected chi connectivity index (χ1v) is 4.74. The Morgan fingerprint density at radius 1 is 1.50 bits per heavy atom. The van der Waals surface area contributed by atoms with Crippen LogP contribution in [-0.2, 0) is 4.84 Å². The highest BCUT2D eigenvalue weighted by Crippen LogP contribution is 2.26. The topological polar surface area (TPSA) is 21.6 Å². The molecule has 0 bridgehead atoms. The van der Waals surface area contributed by atoms with E-state index >= 15 is 0 Å². The maximum atomic E-state index is 5.32. The van der Waals surface area contributed by atoms with E-state index in [0.29, 0.717) is 0 Å². The third kappa shape index (κ3) is 1.52. The summed E-state index contributed by atoms with van der Waals surface area (Å²) < 4.78 is 0. The fourth-order valence-electron chi connectivity index (χ4n) is 1.85. The first-order valence-electron chi connectivity index (χ1n) is 4.74. The Balaban J connectivity index is 1.97. The van der Waals surface area contributed by atoms with Crippen molar-refractivity contribution in [2.45, 2.75) is 45.1 Å². The fourth-order valence-corrected chi connectivity index (χ4v) is 1.85. The van der Waals surface area contributed by atoms with Gasteiger partial charge in [-0.2, -0.15) is 0 Å². The molecule has 0 spiro atoms. The number of allylic oxidation sites excluding steroid dienone is 1. The van der Waals surface area contributed by atoms with Gasteiger partial charge in [0.05, 0.1) is 5.71 Å². The quantitative estimate of drug-likeness (QED) is 0.547. The van der Waals surface area contributed by atoms with Gasteiger partial charge in [-0.15, -0.1) is 0 Å². The molecule has 2 aliphatic rings. The number of oxime groups is 1. The van der Waals surface area contributed by atoms with E-state index in [1.54, 1.807) is 0 Å². The molecule has 2 heteroatoms. The average molecular weight is 165 g/mol. The second-order valence-corrected chi connectivity index (χ2v) is 3.65. The van der Waals surface area contributed by atoms with Crippen molar-refractivity contribution in [1.29, 1.82) is 0 Å². The van der Waals surface area contributed by atoms with Crippen LogP contribution in [0.5, 0.6) is 0 Å². The van der Waals surface area contributed by atoms with Crippen LogP contribution in [-0.4, -0.2) is 11.8 Å². The highest BCUT2D eigenvalue weighted by atomic mass is 16.6. The third-order valence-corrected chi connectivity index (χ3v) is 2.56. The Labute approximate surface area is 73.3 Å². The molecule has 0 aromatic carbocycles. The summed E-state index contributed by atoms with van der Waals surface area (Å²) in [6.45, 7) is 2.03. The largest absolute Gasteiger partial charge is 0.388 e. The summed E-state index contributed by atoms with van der Waals surface area (Å²) >= 11 is 0. The molecule has 66 valence electrons. The van der Waals surface area contributed by atoms with Gasteiger partial charge in [0.2, 0.25) is 0 Å². The van der Waals surface area contributed by atoms with Crippen LogP contribution in [0.4, 0.5) is 0 Å². The lowest BCUT2D eigenvalue weighted by Gasteiger charge is -2.16. The molecule has 0 fully saturated rings. The highest BCUT2D eigenvalue weighted by Gasteiger charge is 2.22. The molecule has 0 aromatic heterocycles.